The van der Waals surface area contributed by atoms with Crippen LogP contribution in [0.5, 0.6) is 0 Å². The van der Waals surface area contributed by atoms with Crippen molar-refractivity contribution in [1.29, 1.82) is 0 Å². The molecule has 0 saturated heterocycles. The average molecular weight is 299 g/mol. The van der Waals surface area contributed by atoms with Crippen LogP contribution < -0.4 is 11.1 Å². The van der Waals surface area contributed by atoms with Crippen LogP contribution in [0.1, 0.15) is 18.5 Å². The Balaban J connectivity index is 2.15. The molecule has 3 N–H and O–H groups in total. The van der Waals surface area contributed by atoms with E-state index in [9.17, 15) is 0 Å². The Morgan fingerprint density at radius 1 is 1.50 bits per heavy atom. The van der Waals surface area contributed by atoms with Crippen molar-refractivity contribution in [2.24, 2.45) is 0 Å². The molecule has 4 nitrogen and oxygen atoms in total. The number of hydrogen-bond donors (Lipinski definition) is 2. The molecule has 0 amide bonds. The molecule has 0 spiro atoms. The lowest BCUT2D eigenvalue weighted by Gasteiger charge is -2.12. The van der Waals surface area contributed by atoms with Crippen LogP contribution in [-0.2, 0) is 0 Å². The molecule has 0 aliphatic heterocycles. The van der Waals surface area contributed by atoms with E-state index < -0.39 is 0 Å². The molecular weight excluding hydrogens is 288 g/mol. The number of nitrogens with two attached hydrogens (primary N) is 1. The normalized spacial score (nSPS) is 12.4. The van der Waals surface area contributed by atoms with Gasteiger partial charge in [-0.05, 0) is 45.2 Å². The average Bonchev–Trinajstić information content (AvgIpc) is 2.68. The van der Waals surface area contributed by atoms with Crippen molar-refractivity contribution in [3.8, 4) is 0 Å². The van der Waals surface area contributed by atoms with E-state index >= 15 is 0 Å². The fourth-order valence-corrected chi connectivity index (χ4v) is 2.45. The first-order chi connectivity index (χ1) is 7.65. The number of thiophene rings is 1. The van der Waals surface area contributed by atoms with E-state index in [1.807, 2.05) is 5.38 Å². The van der Waals surface area contributed by atoms with Gasteiger partial charge in [-0.2, -0.15) is 16.3 Å². The molecule has 0 fully saturated rings. The second-order valence-corrected chi connectivity index (χ2v) is 4.95. The minimum Gasteiger partial charge on any atom is -0.383 e. The van der Waals surface area contributed by atoms with Crippen molar-refractivity contribution >= 4 is 39.0 Å². The highest BCUT2D eigenvalue weighted by Crippen LogP contribution is 2.20. The van der Waals surface area contributed by atoms with Gasteiger partial charge in [0.05, 0.1) is 6.04 Å². The number of nitrogen functional groups attached to an aromatic ring is 1. The van der Waals surface area contributed by atoms with Gasteiger partial charge in [0.25, 0.3) is 0 Å². The van der Waals surface area contributed by atoms with Gasteiger partial charge in [-0.25, -0.2) is 4.98 Å². The first-order valence-corrected chi connectivity index (χ1v) is 6.47. The zero-order valence-electron chi connectivity index (χ0n) is 8.64. The van der Waals surface area contributed by atoms with Crippen molar-refractivity contribution in [2.75, 3.05) is 11.1 Å². The van der Waals surface area contributed by atoms with Crippen molar-refractivity contribution in [3.63, 3.8) is 0 Å². The van der Waals surface area contributed by atoms with Crippen molar-refractivity contribution in [3.05, 3.63) is 33.1 Å². The number of rotatable bonds is 3. The van der Waals surface area contributed by atoms with Crippen LogP contribution in [0.2, 0.25) is 0 Å². The maximum absolute atomic E-state index is 5.63. The summed E-state index contributed by atoms with van der Waals surface area (Å²) >= 11 is 4.95. The molecule has 2 aromatic heterocycles. The predicted molar refractivity (Wildman–Crippen MR) is 70.5 cm³/mol. The van der Waals surface area contributed by atoms with Crippen molar-refractivity contribution in [1.82, 2.24) is 9.97 Å². The lowest BCUT2D eigenvalue weighted by atomic mass is 10.2. The lowest BCUT2D eigenvalue weighted by Crippen LogP contribution is -2.09. The van der Waals surface area contributed by atoms with Crippen LogP contribution in [-0.4, -0.2) is 9.97 Å². The Morgan fingerprint density at radius 2 is 2.31 bits per heavy atom. The third-order valence-electron chi connectivity index (χ3n) is 2.10. The molecule has 2 heterocycles. The van der Waals surface area contributed by atoms with Crippen LogP contribution in [0.25, 0.3) is 0 Å². The second-order valence-electron chi connectivity index (χ2n) is 3.36. The molecule has 0 radical (unpaired) electrons. The van der Waals surface area contributed by atoms with Gasteiger partial charge < -0.3 is 11.1 Å². The summed E-state index contributed by atoms with van der Waals surface area (Å²) in [7, 11) is 0. The SMILES string of the molecule is CC(Nc1nc(N)cc(Br)n1)c1ccsc1. The summed E-state index contributed by atoms with van der Waals surface area (Å²) in [5.41, 5.74) is 6.85. The highest BCUT2D eigenvalue weighted by molar-refractivity contribution is 9.10. The number of nitrogens with one attached hydrogen (secondary N) is 1. The highest BCUT2D eigenvalue weighted by Gasteiger charge is 2.08. The van der Waals surface area contributed by atoms with Crippen LogP contribution in [0.4, 0.5) is 11.8 Å². The quantitative estimate of drug-likeness (QED) is 0.855. The Kier molecular flexibility index (Phi) is 3.40. The van der Waals surface area contributed by atoms with Crippen molar-refractivity contribution in [2.45, 2.75) is 13.0 Å². The standard InChI is InChI=1S/C10H11BrN4S/c1-6(7-2-3-16-5-7)13-10-14-8(11)4-9(12)15-10/h2-6H,1H3,(H3,12,13,14,15). The first-order valence-electron chi connectivity index (χ1n) is 4.74. The topological polar surface area (TPSA) is 63.8 Å². The van der Waals surface area contributed by atoms with E-state index in [2.05, 4.69) is 49.6 Å². The van der Waals surface area contributed by atoms with Crippen LogP contribution in [0.3, 0.4) is 0 Å². The zero-order valence-corrected chi connectivity index (χ0v) is 11.0. The monoisotopic (exact) mass is 298 g/mol. The molecule has 6 heteroatoms. The fourth-order valence-electron chi connectivity index (χ4n) is 1.30. The number of hydrogen-bond acceptors (Lipinski definition) is 5. The van der Waals surface area contributed by atoms with Gasteiger partial charge in [-0.1, -0.05) is 0 Å². The largest absolute Gasteiger partial charge is 0.383 e. The van der Waals surface area contributed by atoms with E-state index in [-0.39, 0.29) is 6.04 Å². The summed E-state index contributed by atoms with van der Waals surface area (Å²) in [5, 5.41) is 7.34. The van der Waals surface area contributed by atoms with Crippen LogP contribution >= 0.6 is 27.3 Å². The summed E-state index contributed by atoms with van der Waals surface area (Å²) in [6.07, 6.45) is 0. The van der Waals surface area contributed by atoms with Gasteiger partial charge in [-0.3, -0.25) is 0 Å². The van der Waals surface area contributed by atoms with E-state index in [4.69, 9.17) is 5.73 Å². The molecule has 16 heavy (non-hydrogen) atoms. The molecule has 0 aromatic carbocycles. The number of halogens is 1. The van der Waals surface area contributed by atoms with Crippen LogP contribution in [0, 0.1) is 0 Å². The summed E-state index contributed by atoms with van der Waals surface area (Å²) in [5.74, 6) is 0.979. The number of nitrogens with zero attached hydrogens (tertiary/aromatic N) is 2. The second kappa shape index (κ2) is 4.80. The van der Waals surface area contributed by atoms with Gasteiger partial charge >= 0.3 is 0 Å². The molecule has 0 saturated carbocycles. The number of anilines is 2. The first kappa shape index (κ1) is 11.3. The zero-order chi connectivity index (χ0) is 11.5. The molecule has 2 aromatic rings. The number of aromatic nitrogens is 2. The molecule has 0 aliphatic rings. The van der Waals surface area contributed by atoms with Gasteiger partial charge in [0.15, 0.2) is 0 Å². The Morgan fingerprint density at radius 3 is 2.94 bits per heavy atom. The Bertz CT molecular complexity index is 451. The Labute approximate surface area is 106 Å². The van der Waals surface area contributed by atoms with E-state index in [0.29, 0.717) is 16.4 Å². The van der Waals surface area contributed by atoms with E-state index in [0.717, 1.165) is 0 Å². The fraction of sp³-hybridized carbons (Fsp3) is 0.200. The Hall–Kier alpha value is -1.14. The molecule has 0 aliphatic carbocycles. The lowest BCUT2D eigenvalue weighted by molar-refractivity contribution is 0.864. The third-order valence-corrected chi connectivity index (χ3v) is 3.21. The highest BCUT2D eigenvalue weighted by atomic mass is 79.9. The molecule has 0 bridgehead atoms. The smallest absolute Gasteiger partial charge is 0.226 e. The summed E-state index contributed by atoms with van der Waals surface area (Å²) in [4.78, 5) is 8.31. The van der Waals surface area contributed by atoms with E-state index in [1.54, 1.807) is 17.4 Å². The minimum atomic E-state index is 0.167. The third kappa shape index (κ3) is 2.70. The van der Waals surface area contributed by atoms with Gasteiger partial charge in [0.2, 0.25) is 5.95 Å². The van der Waals surface area contributed by atoms with Gasteiger partial charge in [-0.15, -0.1) is 0 Å². The molecule has 84 valence electrons. The molecule has 2 rings (SSSR count). The minimum absolute atomic E-state index is 0.167. The molecule has 1 atom stereocenters. The molecular formula is C10H11BrN4S. The van der Waals surface area contributed by atoms with Gasteiger partial charge in [0, 0.05) is 6.07 Å². The summed E-state index contributed by atoms with van der Waals surface area (Å²) < 4.78 is 0.681. The molecule has 1 unspecified atom stereocenters. The summed E-state index contributed by atoms with van der Waals surface area (Å²) in [6.45, 7) is 2.06. The predicted octanol–water partition coefficient (Wildman–Crippen LogP) is 3.06. The van der Waals surface area contributed by atoms with Crippen LogP contribution in [0.15, 0.2) is 27.5 Å². The maximum atomic E-state index is 5.63. The van der Waals surface area contributed by atoms with E-state index in [1.165, 1.54) is 5.56 Å². The van der Waals surface area contributed by atoms with Crippen molar-refractivity contribution < 1.29 is 0 Å². The summed E-state index contributed by atoms with van der Waals surface area (Å²) in [6, 6.07) is 3.91. The van der Waals surface area contributed by atoms with Gasteiger partial charge in [0.1, 0.15) is 10.4 Å². The maximum Gasteiger partial charge on any atom is 0.226 e.